The van der Waals surface area contributed by atoms with E-state index in [1.54, 1.807) is 4.90 Å². The van der Waals surface area contributed by atoms with Gasteiger partial charge in [-0.15, -0.1) is 10.2 Å². The molecule has 3 aromatic heterocycles. The van der Waals surface area contributed by atoms with E-state index in [1.165, 1.54) is 17.4 Å². The molecule has 0 atom stereocenters. The number of nitrogens with one attached hydrogen (secondary N) is 1. The number of pyridine rings is 1. The predicted octanol–water partition coefficient (Wildman–Crippen LogP) is 4.32. The molecule has 3 aromatic rings. The first kappa shape index (κ1) is 19.3. The van der Waals surface area contributed by atoms with Crippen molar-refractivity contribution < 1.29 is 4.79 Å². The Morgan fingerprint density at radius 3 is 2.83 bits per heavy atom. The Morgan fingerprint density at radius 2 is 2.21 bits per heavy atom. The van der Waals surface area contributed by atoms with Gasteiger partial charge in [-0.2, -0.15) is 0 Å². The molecule has 0 saturated carbocycles. The molecule has 0 aromatic carbocycles. The van der Waals surface area contributed by atoms with Crippen molar-refractivity contribution in [2.45, 2.75) is 33.2 Å². The molecule has 1 amide bonds. The number of amides is 1. The van der Waals surface area contributed by atoms with Crippen LogP contribution in [0.4, 0.5) is 10.9 Å². The average molecular weight is 409 g/mol. The highest BCUT2D eigenvalue weighted by molar-refractivity contribution is 7.15. The van der Waals surface area contributed by atoms with Crippen molar-refractivity contribution in [3.8, 4) is 0 Å². The van der Waals surface area contributed by atoms with Gasteiger partial charge in [0.2, 0.25) is 11.0 Å². The molecule has 0 aliphatic carbocycles. The van der Waals surface area contributed by atoms with Gasteiger partial charge < -0.3 is 14.8 Å². The van der Waals surface area contributed by atoms with Crippen LogP contribution in [0.1, 0.15) is 37.0 Å². The number of carbonyl (C=O) groups is 1. The Kier molecular flexibility index (Phi) is 5.19. The second-order valence-corrected chi connectivity index (χ2v) is 8.51. The fourth-order valence-electron chi connectivity index (χ4n) is 3.58. The van der Waals surface area contributed by atoms with E-state index in [2.05, 4.69) is 64.9 Å². The Balaban J connectivity index is 1.77. The summed E-state index contributed by atoms with van der Waals surface area (Å²) in [7, 11) is 0. The number of rotatable bonds is 5. The van der Waals surface area contributed by atoms with E-state index in [9.17, 15) is 4.79 Å². The fourth-order valence-corrected chi connectivity index (χ4v) is 4.18. The lowest BCUT2D eigenvalue weighted by atomic mass is 10.0. The molecule has 0 spiro atoms. The van der Waals surface area contributed by atoms with Gasteiger partial charge in [0.15, 0.2) is 0 Å². The van der Waals surface area contributed by atoms with E-state index < -0.39 is 0 Å². The first-order valence-electron chi connectivity index (χ1n) is 9.65. The molecule has 0 bridgehead atoms. The van der Waals surface area contributed by atoms with Gasteiger partial charge in [0.1, 0.15) is 10.8 Å². The van der Waals surface area contributed by atoms with Gasteiger partial charge in [-0.05, 0) is 44.9 Å². The molecular formula is C21H24N6OS. The van der Waals surface area contributed by atoms with Crippen molar-refractivity contribution >= 4 is 44.7 Å². The molecule has 8 heteroatoms. The SMILES string of the molecule is C=CC(=O)N1CC=C(c2nc(Nc3nnc(C)s3)cc3c2ccn3C(C)C)CC1. The highest BCUT2D eigenvalue weighted by atomic mass is 32.1. The third-order valence-corrected chi connectivity index (χ3v) is 5.79. The van der Waals surface area contributed by atoms with Gasteiger partial charge >= 0.3 is 0 Å². The number of aryl methyl sites for hydroxylation is 1. The lowest BCUT2D eigenvalue weighted by molar-refractivity contribution is -0.125. The third kappa shape index (κ3) is 3.80. The van der Waals surface area contributed by atoms with E-state index >= 15 is 0 Å². The number of anilines is 2. The Bertz CT molecular complexity index is 1110. The highest BCUT2D eigenvalue weighted by Crippen LogP contribution is 2.33. The van der Waals surface area contributed by atoms with Gasteiger partial charge in [0.25, 0.3) is 0 Å². The van der Waals surface area contributed by atoms with Crippen LogP contribution in [-0.2, 0) is 4.79 Å². The van der Waals surface area contributed by atoms with Gasteiger partial charge in [0, 0.05) is 36.8 Å². The normalized spacial score (nSPS) is 14.3. The minimum absolute atomic E-state index is 0.0357. The Labute approximate surface area is 173 Å². The molecule has 0 fully saturated rings. The summed E-state index contributed by atoms with van der Waals surface area (Å²) in [5.74, 6) is 0.709. The maximum atomic E-state index is 11.9. The van der Waals surface area contributed by atoms with Crippen LogP contribution in [0.3, 0.4) is 0 Å². The summed E-state index contributed by atoms with van der Waals surface area (Å²) in [5.41, 5.74) is 3.23. The van der Waals surface area contributed by atoms with E-state index in [1.807, 2.05) is 6.92 Å². The fraction of sp³-hybridized carbons (Fsp3) is 0.333. The monoisotopic (exact) mass is 408 g/mol. The quantitative estimate of drug-likeness (QED) is 0.636. The van der Waals surface area contributed by atoms with Gasteiger partial charge in [-0.1, -0.05) is 24.0 Å². The number of hydrogen-bond donors (Lipinski definition) is 1. The molecular weight excluding hydrogens is 384 g/mol. The summed E-state index contributed by atoms with van der Waals surface area (Å²) in [4.78, 5) is 18.6. The van der Waals surface area contributed by atoms with E-state index in [4.69, 9.17) is 4.98 Å². The lowest BCUT2D eigenvalue weighted by Crippen LogP contribution is -2.33. The minimum Gasteiger partial charge on any atom is -0.345 e. The number of nitrogens with zero attached hydrogens (tertiary/aromatic N) is 5. The molecule has 4 heterocycles. The number of hydrogen-bond acceptors (Lipinski definition) is 6. The Hall–Kier alpha value is -3.00. The highest BCUT2D eigenvalue weighted by Gasteiger charge is 2.20. The maximum Gasteiger partial charge on any atom is 0.246 e. The summed E-state index contributed by atoms with van der Waals surface area (Å²) in [5, 5.41) is 14.3. The van der Waals surface area contributed by atoms with Crippen molar-refractivity contribution in [1.82, 2.24) is 24.6 Å². The molecule has 1 aliphatic heterocycles. The van der Waals surface area contributed by atoms with Crippen molar-refractivity contribution in [3.05, 3.63) is 47.8 Å². The number of aromatic nitrogens is 4. The summed E-state index contributed by atoms with van der Waals surface area (Å²) < 4.78 is 2.24. The Morgan fingerprint density at radius 1 is 1.38 bits per heavy atom. The first-order valence-corrected chi connectivity index (χ1v) is 10.5. The molecule has 0 unspecified atom stereocenters. The van der Waals surface area contributed by atoms with Gasteiger partial charge in [-0.25, -0.2) is 4.98 Å². The minimum atomic E-state index is -0.0357. The molecule has 1 N–H and O–H groups in total. The summed E-state index contributed by atoms with van der Waals surface area (Å²) in [6.45, 7) is 11.1. The molecule has 0 radical (unpaired) electrons. The second-order valence-electron chi connectivity index (χ2n) is 7.32. The molecule has 7 nitrogen and oxygen atoms in total. The van der Waals surface area contributed by atoms with Crippen LogP contribution < -0.4 is 5.32 Å². The summed E-state index contributed by atoms with van der Waals surface area (Å²) in [6.07, 6.45) is 6.33. The van der Waals surface area contributed by atoms with Crippen LogP contribution in [-0.4, -0.2) is 43.6 Å². The van der Waals surface area contributed by atoms with Crippen LogP contribution >= 0.6 is 11.3 Å². The van der Waals surface area contributed by atoms with Crippen molar-refractivity contribution in [2.75, 3.05) is 18.4 Å². The third-order valence-electron chi connectivity index (χ3n) is 5.03. The summed E-state index contributed by atoms with van der Waals surface area (Å²) in [6, 6.07) is 4.52. The van der Waals surface area contributed by atoms with Crippen LogP contribution in [0, 0.1) is 6.92 Å². The van der Waals surface area contributed by atoms with Crippen LogP contribution in [0.2, 0.25) is 0 Å². The molecule has 4 rings (SSSR count). The smallest absolute Gasteiger partial charge is 0.246 e. The molecule has 29 heavy (non-hydrogen) atoms. The van der Waals surface area contributed by atoms with Crippen molar-refractivity contribution in [1.29, 1.82) is 0 Å². The zero-order valence-corrected chi connectivity index (χ0v) is 17.7. The van der Waals surface area contributed by atoms with Gasteiger partial charge in [0.05, 0.1) is 11.2 Å². The zero-order chi connectivity index (χ0) is 20.5. The predicted molar refractivity (Wildman–Crippen MR) is 117 cm³/mol. The lowest BCUT2D eigenvalue weighted by Gasteiger charge is -2.25. The van der Waals surface area contributed by atoms with Crippen LogP contribution in [0.5, 0.6) is 0 Å². The van der Waals surface area contributed by atoms with E-state index in [-0.39, 0.29) is 5.91 Å². The van der Waals surface area contributed by atoms with Crippen LogP contribution in [0.15, 0.2) is 37.1 Å². The topological polar surface area (TPSA) is 75.9 Å². The largest absolute Gasteiger partial charge is 0.345 e. The van der Waals surface area contributed by atoms with E-state index in [0.717, 1.165) is 44.5 Å². The number of fused-ring (bicyclic) bond motifs is 1. The summed E-state index contributed by atoms with van der Waals surface area (Å²) >= 11 is 1.50. The van der Waals surface area contributed by atoms with Crippen LogP contribution in [0.25, 0.3) is 16.5 Å². The standard InChI is InChI=1S/C21H24N6OS/c1-5-19(28)26-9-6-15(7-10-26)20-16-8-11-27(13(2)3)17(16)12-18(22-20)23-21-25-24-14(4)29-21/h5-6,8,11-13H,1,7,9-10H2,2-4H3,(H,22,23,25). The molecule has 150 valence electrons. The van der Waals surface area contributed by atoms with Gasteiger partial charge in [-0.3, -0.25) is 4.79 Å². The van der Waals surface area contributed by atoms with Crippen molar-refractivity contribution in [3.63, 3.8) is 0 Å². The maximum absolute atomic E-state index is 11.9. The number of carbonyl (C=O) groups excluding carboxylic acids is 1. The first-order chi connectivity index (χ1) is 14.0. The second kappa shape index (κ2) is 7.79. The van der Waals surface area contributed by atoms with Crippen molar-refractivity contribution in [2.24, 2.45) is 0 Å². The molecule has 0 saturated heterocycles. The van der Waals surface area contributed by atoms with E-state index in [0.29, 0.717) is 19.1 Å². The zero-order valence-electron chi connectivity index (χ0n) is 16.8. The molecule has 1 aliphatic rings. The average Bonchev–Trinajstić information content (AvgIpc) is 3.33.